The van der Waals surface area contributed by atoms with E-state index >= 15 is 0 Å². The molecule has 0 bridgehead atoms. The highest BCUT2D eigenvalue weighted by Crippen LogP contribution is 2.36. The van der Waals surface area contributed by atoms with Gasteiger partial charge in [0.2, 0.25) is 0 Å². The molecule has 0 aliphatic heterocycles. The number of aromatic hydroxyl groups is 2. The SMILES string of the molecule is CC(C)=C(CC(C)C)C[C@@H](O)C1=CC(=O)c2c(O)ccc(O)c2C1=O. The van der Waals surface area contributed by atoms with E-state index in [2.05, 4.69) is 13.8 Å². The summed E-state index contributed by atoms with van der Waals surface area (Å²) in [4.78, 5) is 25.0. The van der Waals surface area contributed by atoms with Crippen LogP contribution in [0.15, 0.2) is 34.9 Å². The zero-order chi connectivity index (χ0) is 18.9. The van der Waals surface area contributed by atoms with Crippen LogP contribution in [-0.4, -0.2) is 33.0 Å². The van der Waals surface area contributed by atoms with Gasteiger partial charge in [-0.15, -0.1) is 0 Å². The van der Waals surface area contributed by atoms with Gasteiger partial charge in [-0.25, -0.2) is 0 Å². The topological polar surface area (TPSA) is 94.8 Å². The summed E-state index contributed by atoms with van der Waals surface area (Å²) in [5.41, 5.74) is 1.59. The largest absolute Gasteiger partial charge is 0.507 e. The van der Waals surface area contributed by atoms with Crippen molar-refractivity contribution >= 4 is 11.6 Å². The smallest absolute Gasteiger partial charge is 0.196 e. The second kappa shape index (κ2) is 7.23. The molecule has 0 saturated carbocycles. The molecule has 1 aromatic rings. The molecular formula is C20H24O5. The first-order chi connectivity index (χ1) is 11.6. The quantitative estimate of drug-likeness (QED) is 0.561. The molecule has 5 heteroatoms. The lowest BCUT2D eigenvalue weighted by Crippen LogP contribution is -2.26. The van der Waals surface area contributed by atoms with E-state index < -0.39 is 17.7 Å². The Morgan fingerprint density at radius 3 is 2.08 bits per heavy atom. The minimum Gasteiger partial charge on any atom is -0.507 e. The van der Waals surface area contributed by atoms with Crippen molar-refractivity contribution < 1.29 is 24.9 Å². The maximum Gasteiger partial charge on any atom is 0.196 e. The number of hydrogen-bond donors (Lipinski definition) is 3. The fraction of sp³-hybridized carbons (Fsp3) is 0.400. The van der Waals surface area contributed by atoms with Crippen LogP contribution in [0.1, 0.15) is 61.3 Å². The summed E-state index contributed by atoms with van der Waals surface area (Å²) in [6, 6.07) is 2.33. The molecule has 0 unspecified atom stereocenters. The Morgan fingerprint density at radius 1 is 1.00 bits per heavy atom. The number of aliphatic hydroxyl groups is 1. The van der Waals surface area contributed by atoms with Crippen molar-refractivity contribution in [2.75, 3.05) is 0 Å². The van der Waals surface area contributed by atoms with Crippen LogP contribution in [0.5, 0.6) is 11.5 Å². The first-order valence-electron chi connectivity index (χ1n) is 8.32. The Kier molecular flexibility index (Phi) is 5.48. The average Bonchev–Trinajstić information content (AvgIpc) is 2.51. The monoisotopic (exact) mass is 344 g/mol. The molecular weight excluding hydrogens is 320 g/mol. The minimum absolute atomic E-state index is 0.0547. The minimum atomic E-state index is -1.14. The van der Waals surface area contributed by atoms with Gasteiger partial charge in [0.05, 0.1) is 17.2 Å². The Bertz CT molecular complexity index is 780. The highest BCUT2D eigenvalue weighted by molar-refractivity contribution is 6.26. The number of hydrogen-bond acceptors (Lipinski definition) is 5. The fourth-order valence-corrected chi connectivity index (χ4v) is 3.06. The summed E-state index contributed by atoms with van der Waals surface area (Å²) < 4.78 is 0. The average molecular weight is 344 g/mol. The van der Waals surface area contributed by atoms with E-state index in [1.54, 1.807) is 0 Å². The predicted molar refractivity (Wildman–Crippen MR) is 95.0 cm³/mol. The molecule has 0 saturated heterocycles. The van der Waals surface area contributed by atoms with Crippen molar-refractivity contribution in [3.05, 3.63) is 46.1 Å². The molecule has 134 valence electrons. The van der Waals surface area contributed by atoms with Crippen molar-refractivity contribution in [1.29, 1.82) is 0 Å². The number of Topliss-reactive ketones (excluding diaryl/α,β-unsaturated/α-hetero) is 1. The van der Waals surface area contributed by atoms with E-state index in [4.69, 9.17) is 0 Å². The number of aliphatic hydroxyl groups excluding tert-OH is 1. The molecule has 1 aliphatic rings. The molecule has 0 heterocycles. The number of phenols is 2. The third-order valence-electron chi connectivity index (χ3n) is 4.34. The van der Waals surface area contributed by atoms with Gasteiger partial charge in [-0.3, -0.25) is 9.59 Å². The van der Waals surface area contributed by atoms with Crippen LogP contribution in [-0.2, 0) is 0 Å². The van der Waals surface area contributed by atoms with Gasteiger partial charge in [0.1, 0.15) is 11.5 Å². The third kappa shape index (κ3) is 3.82. The van der Waals surface area contributed by atoms with Crippen LogP contribution >= 0.6 is 0 Å². The molecule has 0 fully saturated rings. The number of rotatable bonds is 5. The van der Waals surface area contributed by atoms with E-state index in [-0.39, 0.29) is 34.6 Å². The highest BCUT2D eigenvalue weighted by Gasteiger charge is 2.34. The molecule has 25 heavy (non-hydrogen) atoms. The van der Waals surface area contributed by atoms with Crippen molar-refractivity contribution in [1.82, 2.24) is 0 Å². The fourth-order valence-electron chi connectivity index (χ4n) is 3.06. The van der Waals surface area contributed by atoms with Crippen LogP contribution in [0.4, 0.5) is 0 Å². The highest BCUT2D eigenvalue weighted by atomic mass is 16.3. The summed E-state index contributed by atoms with van der Waals surface area (Å²) in [6.45, 7) is 8.04. The summed E-state index contributed by atoms with van der Waals surface area (Å²) in [7, 11) is 0. The number of allylic oxidation sites excluding steroid dienone is 2. The van der Waals surface area contributed by atoms with E-state index in [0.717, 1.165) is 29.7 Å². The summed E-state index contributed by atoms with van der Waals surface area (Å²) in [5, 5.41) is 30.3. The van der Waals surface area contributed by atoms with E-state index in [0.29, 0.717) is 5.92 Å². The second-order valence-corrected chi connectivity index (χ2v) is 7.07. The molecule has 1 aliphatic carbocycles. The van der Waals surface area contributed by atoms with Crippen molar-refractivity contribution in [3.8, 4) is 11.5 Å². The number of phenolic OH excluding ortho intramolecular Hbond substituents is 2. The first-order valence-corrected chi connectivity index (χ1v) is 8.32. The molecule has 1 atom stereocenters. The van der Waals surface area contributed by atoms with Crippen LogP contribution in [0.3, 0.4) is 0 Å². The Labute approximate surface area is 147 Å². The molecule has 0 spiro atoms. The molecule has 1 aromatic carbocycles. The van der Waals surface area contributed by atoms with Crippen LogP contribution < -0.4 is 0 Å². The van der Waals surface area contributed by atoms with Crippen molar-refractivity contribution in [2.24, 2.45) is 5.92 Å². The Morgan fingerprint density at radius 2 is 1.56 bits per heavy atom. The maximum atomic E-state index is 12.7. The van der Waals surface area contributed by atoms with Crippen molar-refractivity contribution in [2.45, 2.75) is 46.6 Å². The van der Waals surface area contributed by atoms with Crippen LogP contribution in [0.25, 0.3) is 0 Å². The van der Waals surface area contributed by atoms with Gasteiger partial charge in [0.15, 0.2) is 11.6 Å². The zero-order valence-electron chi connectivity index (χ0n) is 15.0. The van der Waals surface area contributed by atoms with Gasteiger partial charge in [0.25, 0.3) is 0 Å². The molecule has 2 rings (SSSR count). The van der Waals surface area contributed by atoms with Gasteiger partial charge in [-0.2, -0.15) is 0 Å². The summed E-state index contributed by atoms with van der Waals surface area (Å²) in [6.07, 6.45) is 0.958. The van der Waals surface area contributed by atoms with Gasteiger partial charge in [-0.1, -0.05) is 25.0 Å². The number of fused-ring (bicyclic) bond motifs is 1. The lowest BCUT2D eigenvalue weighted by molar-refractivity contribution is 0.0941. The number of benzene rings is 1. The van der Waals surface area contributed by atoms with Crippen molar-refractivity contribution in [3.63, 3.8) is 0 Å². The summed E-state index contributed by atoms with van der Waals surface area (Å²) >= 11 is 0. The normalized spacial score (nSPS) is 15.0. The molecule has 0 amide bonds. The lowest BCUT2D eigenvalue weighted by Gasteiger charge is -2.22. The number of carbonyl (C=O) groups is 2. The van der Waals surface area contributed by atoms with Gasteiger partial charge in [-0.05, 0) is 50.8 Å². The van der Waals surface area contributed by atoms with Crippen LogP contribution in [0.2, 0.25) is 0 Å². The number of ketones is 2. The van der Waals surface area contributed by atoms with E-state index in [1.165, 1.54) is 6.07 Å². The second-order valence-electron chi connectivity index (χ2n) is 7.07. The van der Waals surface area contributed by atoms with Gasteiger partial charge < -0.3 is 15.3 Å². The molecule has 0 radical (unpaired) electrons. The molecule has 5 nitrogen and oxygen atoms in total. The van der Waals surface area contributed by atoms with E-state index in [1.807, 2.05) is 13.8 Å². The molecule has 0 aromatic heterocycles. The maximum absolute atomic E-state index is 12.7. The Balaban J connectivity index is 2.38. The summed E-state index contributed by atoms with van der Waals surface area (Å²) in [5.74, 6) is -1.57. The molecule has 3 N–H and O–H groups in total. The van der Waals surface area contributed by atoms with Gasteiger partial charge >= 0.3 is 0 Å². The Hall–Kier alpha value is -2.40. The van der Waals surface area contributed by atoms with Crippen LogP contribution in [0, 0.1) is 5.92 Å². The first kappa shape index (κ1) is 18.9. The number of carbonyl (C=O) groups excluding carboxylic acids is 2. The van der Waals surface area contributed by atoms with Gasteiger partial charge in [0, 0.05) is 5.57 Å². The van der Waals surface area contributed by atoms with E-state index in [9.17, 15) is 24.9 Å². The predicted octanol–water partition coefficient (Wildman–Crippen LogP) is 3.54. The lowest BCUT2D eigenvalue weighted by atomic mass is 9.83. The zero-order valence-corrected chi connectivity index (χ0v) is 15.0. The standard InChI is InChI=1S/C20H24O5/c1-10(2)7-12(11(3)4)8-16(23)13-9-17(24)18-14(21)5-6-15(22)19(18)20(13)25/h5-6,9-10,16,21-23H,7-8H2,1-4H3/t16-/m1/s1. The third-order valence-corrected chi connectivity index (χ3v) is 4.34.